The van der Waals surface area contributed by atoms with Crippen molar-refractivity contribution in [1.82, 2.24) is 5.32 Å². The largest absolute Gasteiger partial charge is 0.481 e. The molecule has 3 nitrogen and oxygen atoms in total. The van der Waals surface area contributed by atoms with Crippen molar-refractivity contribution in [1.29, 1.82) is 0 Å². The zero-order chi connectivity index (χ0) is 20.2. The van der Waals surface area contributed by atoms with E-state index in [1.165, 1.54) is 5.56 Å². The van der Waals surface area contributed by atoms with Gasteiger partial charge < -0.3 is 10.1 Å². The van der Waals surface area contributed by atoms with Crippen LogP contribution in [0.5, 0.6) is 5.75 Å². The van der Waals surface area contributed by atoms with Gasteiger partial charge in [-0.25, -0.2) is 0 Å². The summed E-state index contributed by atoms with van der Waals surface area (Å²) < 4.78 is 5.89. The molecule has 2 atom stereocenters. The molecule has 2 rings (SSSR count). The number of benzene rings is 2. The van der Waals surface area contributed by atoms with E-state index in [1.807, 2.05) is 26.8 Å². The fourth-order valence-electron chi connectivity index (χ4n) is 2.84. The van der Waals surface area contributed by atoms with E-state index < -0.39 is 6.10 Å². The minimum Gasteiger partial charge on any atom is -0.481 e. The van der Waals surface area contributed by atoms with Crippen LogP contribution < -0.4 is 10.1 Å². The maximum absolute atomic E-state index is 12.7. The van der Waals surface area contributed by atoms with Crippen molar-refractivity contribution in [3.05, 3.63) is 64.2 Å². The molecule has 2 unspecified atom stereocenters. The lowest BCUT2D eigenvalue weighted by atomic mass is 9.86. The van der Waals surface area contributed by atoms with Gasteiger partial charge in [0.25, 0.3) is 5.91 Å². The smallest absolute Gasteiger partial charge is 0.261 e. The van der Waals surface area contributed by atoms with E-state index in [1.54, 1.807) is 12.1 Å². The van der Waals surface area contributed by atoms with Crippen molar-refractivity contribution in [2.75, 3.05) is 0 Å². The number of aryl methyl sites for hydroxylation is 1. The number of carbonyl (C=O) groups is 1. The van der Waals surface area contributed by atoms with Crippen molar-refractivity contribution in [2.24, 2.45) is 0 Å². The monoisotopic (exact) mass is 387 g/mol. The molecule has 1 amide bonds. The number of carbonyl (C=O) groups excluding carboxylic acids is 1. The Morgan fingerprint density at radius 1 is 1.15 bits per heavy atom. The molecule has 27 heavy (non-hydrogen) atoms. The number of rotatable bonds is 6. The van der Waals surface area contributed by atoms with Crippen LogP contribution in [0.2, 0.25) is 5.02 Å². The predicted molar refractivity (Wildman–Crippen MR) is 113 cm³/mol. The van der Waals surface area contributed by atoms with E-state index in [0.29, 0.717) is 17.2 Å². The van der Waals surface area contributed by atoms with Crippen molar-refractivity contribution in [3.8, 4) is 5.75 Å². The summed E-state index contributed by atoms with van der Waals surface area (Å²) in [5.74, 6) is 0.540. The normalized spacial score (nSPS) is 13.7. The summed E-state index contributed by atoms with van der Waals surface area (Å²) in [6, 6.07) is 13.8. The molecule has 0 saturated heterocycles. The Morgan fingerprint density at radius 3 is 2.30 bits per heavy atom. The highest BCUT2D eigenvalue weighted by Crippen LogP contribution is 2.25. The van der Waals surface area contributed by atoms with Crippen LogP contribution >= 0.6 is 11.6 Å². The molecule has 0 aliphatic rings. The van der Waals surface area contributed by atoms with Crippen LogP contribution in [-0.2, 0) is 10.2 Å². The zero-order valence-corrected chi connectivity index (χ0v) is 17.9. The van der Waals surface area contributed by atoms with Crippen molar-refractivity contribution in [3.63, 3.8) is 0 Å². The molecule has 1 N–H and O–H groups in total. The van der Waals surface area contributed by atoms with Crippen LogP contribution in [0.4, 0.5) is 0 Å². The van der Waals surface area contributed by atoms with Gasteiger partial charge in [-0.05, 0) is 60.6 Å². The van der Waals surface area contributed by atoms with Gasteiger partial charge in [0.1, 0.15) is 5.75 Å². The topological polar surface area (TPSA) is 38.3 Å². The van der Waals surface area contributed by atoms with Crippen LogP contribution in [0.3, 0.4) is 0 Å². The number of amides is 1. The zero-order valence-electron chi connectivity index (χ0n) is 17.1. The first kappa shape index (κ1) is 21.3. The Bertz CT molecular complexity index is 778. The van der Waals surface area contributed by atoms with Gasteiger partial charge in [0.2, 0.25) is 0 Å². The Morgan fingerprint density at radius 2 is 1.78 bits per heavy atom. The molecular formula is C23H30ClNO2. The quantitative estimate of drug-likeness (QED) is 0.661. The second kappa shape index (κ2) is 8.79. The number of hydrogen-bond donors (Lipinski definition) is 1. The third-order valence-electron chi connectivity index (χ3n) is 4.71. The van der Waals surface area contributed by atoms with Crippen molar-refractivity contribution >= 4 is 17.5 Å². The van der Waals surface area contributed by atoms with E-state index in [4.69, 9.17) is 16.3 Å². The maximum Gasteiger partial charge on any atom is 0.261 e. The molecule has 0 radical (unpaired) electrons. The molecule has 0 aromatic heterocycles. The van der Waals surface area contributed by atoms with Crippen LogP contribution in [0.15, 0.2) is 42.5 Å². The number of halogens is 1. The highest BCUT2D eigenvalue weighted by atomic mass is 35.5. The molecule has 0 fully saturated rings. The molecule has 0 bridgehead atoms. The van der Waals surface area contributed by atoms with E-state index in [9.17, 15) is 4.79 Å². The molecule has 2 aromatic rings. The Balaban J connectivity index is 2.03. The lowest BCUT2D eigenvalue weighted by Crippen LogP contribution is -2.39. The van der Waals surface area contributed by atoms with Crippen LogP contribution in [0.1, 0.15) is 63.8 Å². The van der Waals surface area contributed by atoms with Gasteiger partial charge in [0, 0.05) is 5.02 Å². The minimum absolute atomic E-state index is 0.0869. The van der Waals surface area contributed by atoms with Gasteiger partial charge in [-0.15, -0.1) is 0 Å². The number of ether oxygens (including phenoxy) is 1. The number of nitrogens with one attached hydrogen (secondary N) is 1. The summed E-state index contributed by atoms with van der Waals surface area (Å²) in [5, 5.41) is 3.75. The second-order valence-corrected chi connectivity index (χ2v) is 8.44. The fraction of sp³-hybridized carbons (Fsp3) is 0.435. The van der Waals surface area contributed by atoms with Gasteiger partial charge in [0.15, 0.2) is 6.10 Å². The lowest BCUT2D eigenvalue weighted by Gasteiger charge is -2.23. The van der Waals surface area contributed by atoms with E-state index in [0.717, 1.165) is 11.1 Å². The molecule has 0 heterocycles. The predicted octanol–water partition coefficient (Wildman–Crippen LogP) is 5.98. The lowest BCUT2D eigenvalue weighted by molar-refractivity contribution is -0.128. The van der Waals surface area contributed by atoms with Crippen LogP contribution in [0, 0.1) is 6.92 Å². The Labute approximate surface area is 168 Å². The third kappa shape index (κ3) is 5.74. The molecular weight excluding hydrogens is 358 g/mol. The molecule has 0 spiro atoms. The summed E-state index contributed by atoms with van der Waals surface area (Å²) in [5.41, 5.74) is 3.39. The first-order valence-corrected chi connectivity index (χ1v) is 9.83. The second-order valence-electron chi connectivity index (χ2n) is 8.03. The van der Waals surface area contributed by atoms with E-state index >= 15 is 0 Å². The van der Waals surface area contributed by atoms with Crippen molar-refractivity contribution in [2.45, 2.75) is 65.5 Å². The Kier molecular flexibility index (Phi) is 6.94. The first-order chi connectivity index (χ1) is 12.6. The average Bonchev–Trinajstić information content (AvgIpc) is 2.61. The maximum atomic E-state index is 12.7. The average molecular weight is 388 g/mol. The van der Waals surface area contributed by atoms with Gasteiger partial charge in [-0.2, -0.15) is 0 Å². The molecule has 4 heteroatoms. The standard InChI is InChI=1S/C23H30ClNO2/c1-7-21(27-19-12-13-20(24)15(2)14-19)22(26)25-16(3)17-8-10-18(11-9-17)23(4,5)6/h8-14,16,21H,7H2,1-6H3,(H,25,26). The molecule has 146 valence electrons. The summed E-state index contributed by atoms with van der Waals surface area (Å²) >= 11 is 6.05. The van der Waals surface area contributed by atoms with Gasteiger partial charge >= 0.3 is 0 Å². The van der Waals surface area contributed by atoms with Gasteiger partial charge in [-0.3, -0.25) is 4.79 Å². The summed E-state index contributed by atoms with van der Waals surface area (Å²) in [7, 11) is 0. The highest BCUT2D eigenvalue weighted by Gasteiger charge is 2.21. The van der Waals surface area contributed by atoms with Gasteiger partial charge in [-0.1, -0.05) is 63.6 Å². The molecule has 0 saturated carbocycles. The molecule has 0 aliphatic carbocycles. The number of hydrogen-bond acceptors (Lipinski definition) is 2. The Hall–Kier alpha value is -2.00. The van der Waals surface area contributed by atoms with E-state index in [2.05, 4.69) is 50.4 Å². The van der Waals surface area contributed by atoms with Crippen molar-refractivity contribution < 1.29 is 9.53 Å². The van der Waals surface area contributed by atoms with Crippen LogP contribution in [0.25, 0.3) is 0 Å². The van der Waals surface area contributed by atoms with Crippen LogP contribution in [-0.4, -0.2) is 12.0 Å². The SMILES string of the molecule is CCC(Oc1ccc(Cl)c(C)c1)C(=O)NC(C)c1ccc(C(C)(C)C)cc1. The van der Waals surface area contributed by atoms with Gasteiger partial charge in [0.05, 0.1) is 6.04 Å². The molecule has 2 aromatic carbocycles. The van der Waals surface area contributed by atoms with E-state index in [-0.39, 0.29) is 17.4 Å². The minimum atomic E-state index is -0.540. The summed E-state index contributed by atoms with van der Waals surface area (Å²) in [4.78, 5) is 12.7. The summed E-state index contributed by atoms with van der Waals surface area (Å²) in [6.45, 7) is 12.4. The summed E-state index contributed by atoms with van der Waals surface area (Å²) in [6.07, 6.45) is 0.0466. The third-order valence-corrected chi connectivity index (χ3v) is 5.13. The molecule has 0 aliphatic heterocycles. The fourth-order valence-corrected chi connectivity index (χ4v) is 2.96. The highest BCUT2D eigenvalue weighted by molar-refractivity contribution is 6.31. The first-order valence-electron chi connectivity index (χ1n) is 9.45.